The van der Waals surface area contributed by atoms with E-state index < -0.39 is 5.91 Å². The fourth-order valence-electron chi connectivity index (χ4n) is 1.30. The van der Waals surface area contributed by atoms with Crippen LogP contribution in [0.5, 0.6) is 0 Å². The number of rotatable bonds is 7. The predicted molar refractivity (Wildman–Crippen MR) is 64.6 cm³/mol. The molecule has 0 atom stereocenters. The van der Waals surface area contributed by atoms with Gasteiger partial charge in [0.2, 0.25) is 5.91 Å². The van der Waals surface area contributed by atoms with Crippen LogP contribution < -0.4 is 11.1 Å². The number of benzene rings is 1. The zero-order chi connectivity index (χ0) is 11.8. The molecule has 1 aromatic carbocycles. The van der Waals surface area contributed by atoms with Crippen LogP contribution in [0.4, 0.5) is 5.69 Å². The van der Waals surface area contributed by atoms with Crippen LogP contribution in [-0.2, 0) is 4.74 Å². The first kappa shape index (κ1) is 12.5. The molecule has 0 radical (unpaired) electrons. The minimum Gasteiger partial charge on any atom is -0.383 e. The molecule has 0 saturated carbocycles. The molecule has 1 amide bonds. The van der Waals surface area contributed by atoms with E-state index in [0.29, 0.717) is 12.2 Å². The van der Waals surface area contributed by atoms with Crippen LogP contribution in [0.25, 0.3) is 0 Å². The zero-order valence-electron chi connectivity index (χ0n) is 9.53. The van der Waals surface area contributed by atoms with Crippen molar-refractivity contribution in [1.82, 2.24) is 0 Å². The first-order valence-corrected chi connectivity index (χ1v) is 5.45. The van der Waals surface area contributed by atoms with Crippen LogP contribution in [0, 0.1) is 0 Å². The number of amides is 1. The highest BCUT2D eigenvalue weighted by Crippen LogP contribution is 2.09. The molecule has 0 aliphatic rings. The Kier molecular flexibility index (Phi) is 5.36. The third-order valence-corrected chi connectivity index (χ3v) is 2.07. The van der Waals surface area contributed by atoms with Crippen molar-refractivity contribution in [2.75, 3.05) is 25.1 Å². The highest BCUT2D eigenvalue weighted by Gasteiger charge is 2.00. The summed E-state index contributed by atoms with van der Waals surface area (Å²) in [6.07, 6.45) is 1.02. The van der Waals surface area contributed by atoms with Gasteiger partial charge in [-0.05, 0) is 24.6 Å². The van der Waals surface area contributed by atoms with E-state index in [1.165, 1.54) is 0 Å². The Morgan fingerprint density at radius 2 is 2.25 bits per heavy atom. The van der Waals surface area contributed by atoms with E-state index in [1.54, 1.807) is 18.2 Å². The second-order valence-electron chi connectivity index (χ2n) is 3.48. The van der Waals surface area contributed by atoms with Gasteiger partial charge < -0.3 is 15.8 Å². The number of hydrogen-bond donors (Lipinski definition) is 2. The number of hydrogen-bond acceptors (Lipinski definition) is 3. The SMILES string of the molecule is CCCOCCNc1cccc(C(N)=O)c1. The molecular weight excluding hydrogens is 204 g/mol. The molecule has 1 aromatic rings. The Morgan fingerprint density at radius 3 is 2.94 bits per heavy atom. The molecule has 0 bridgehead atoms. The van der Waals surface area contributed by atoms with Gasteiger partial charge in [-0.25, -0.2) is 0 Å². The number of carbonyl (C=O) groups excluding carboxylic acids is 1. The topological polar surface area (TPSA) is 64.3 Å². The summed E-state index contributed by atoms with van der Waals surface area (Å²) < 4.78 is 5.33. The van der Waals surface area contributed by atoms with Crippen molar-refractivity contribution in [3.05, 3.63) is 29.8 Å². The highest BCUT2D eigenvalue weighted by atomic mass is 16.5. The molecule has 0 saturated heterocycles. The Bertz CT molecular complexity index is 340. The van der Waals surface area contributed by atoms with Gasteiger partial charge in [-0.2, -0.15) is 0 Å². The summed E-state index contributed by atoms with van der Waals surface area (Å²) >= 11 is 0. The fourth-order valence-corrected chi connectivity index (χ4v) is 1.30. The zero-order valence-corrected chi connectivity index (χ0v) is 9.53. The van der Waals surface area contributed by atoms with E-state index in [4.69, 9.17) is 10.5 Å². The maximum Gasteiger partial charge on any atom is 0.248 e. The second kappa shape index (κ2) is 6.85. The van der Waals surface area contributed by atoms with E-state index in [0.717, 1.165) is 25.3 Å². The Hall–Kier alpha value is -1.55. The number of carbonyl (C=O) groups is 1. The van der Waals surface area contributed by atoms with E-state index in [9.17, 15) is 4.79 Å². The number of nitrogens with one attached hydrogen (secondary N) is 1. The van der Waals surface area contributed by atoms with Gasteiger partial charge in [-0.1, -0.05) is 13.0 Å². The summed E-state index contributed by atoms with van der Waals surface area (Å²) in [5, 5.41) is 3.17. The van der Waals surface area contributed by atoms with Crippen LogP contribution in [0.2, 0.25) is 0 Å². The maximum absolute atomic E-state index is 10.9. The average molecular weight is 222 g/mol. The highest BCUT2D eigenvalue weighted by molar-refractivity contribution is 5.93. The van der Waals surface area contributed by atoms with E-state index in [-0.39, 0.29) is 0 Å². The molecule has 3 N–H and O–H groups in total. The van der Waals surface area contributed by atoms with Gasteiger partial charge in [0.25, 0.3) is 0 Å². The summed E-state index contributed by atoms with van der Waals surface area (Å²) in [5.74, 6) is -0.411. The summed E-state index contributed by atoms with van der Waals surface area (Å²) in [6.45, 7) is 4.24. The molecule has 16 heavy (non-hydrogen) atoms. The van der Waals surface area contributed by atoms with Crippen molar-refractivity contribution < 1.29 is 9.53 Å². The summed E-state index contributed by atoms with van der Waals surface area (Å²) in [4.78, 5) is 10.9. The summed E-state index contributed by atoms with van der Waals surface area (Å²) in [6, 6.07) is 7.13. The minimum absolute atomic E-state index is 0.411. The molecule has 0 spiro atoms. The van der Waals surface area contributed by atoms with Crippen LogP contribution in [-0.4, -0.2) is 25.7 Å². The quantitative estimate of drug-likeness (QED) is 0.689. The Morgan fingerprint density at radius 1 is 1.44 bits per heavy atom. The molecule has 1 rings (SSSR count). The number of ether oxygens (including phenoxy) is 1. The van der Waals surface area contributed by atoms with Gasteiger partial charge in [-0.3, -0.25) is 4.79 Å². The van der Waals surface area contributed by atoms with Crippen LogP contribution >= 0.6 is 0 Å². The van der Waals surface area contributed by atoms with E-state index in [2.05, 4.69) is 12.2 Å². The van der Waals surface area contributed by atoms with Crippen LogP contribution in [0.1, 0.15) is 23.7 Å². The lowest BCUT2D eigenvalue weighted by Gasteiger charge is -2.07. The first-order chi connectivity index (χ1) is 7.74. The van der Waals surface area contributed by atoms with Crippen LogP contribution in [0.3, 0.4) is 0 Å². The Balaban J connectivity index is 2.36. The van der Waals surface area contributed by atoms with Crippen molar-refractivity contribution in [3.8, 4) is 0 Å². The number of primary amides is 1. The van der Waals surface area contributed by atoms with E-state index in [1.807, 2.05) is 6.07 Å². The lowest BCUT2D eigenvalue weighted by molar-refractivity contribution is 0.100. The standard InChI is InChI=1S/C12H18N2O2/c1-2-7-16-8-6-14-11-5-3-4-10(9-11)12(13)15/h3-5,9,14H,2,6-8H2,1H3,(H2,13,15). The summed E-state index contributed by atoms with van der Waals surface area (Å²) in [5.41, 5.74) is 6.58. The maximum atomic E-state index is 10.9. The minimum atomic E-state index is -0.411. The normalized spacial score (nSPS) is 10.1. The molecule has 0 aromatic heterocycles. The van der Waals surface area contributed by atoms with E-state index >= 15 is 0 Å². The average Bonchev–Trinajstić information content (AvgIpc) is 2.29. The van der Waals surface area contributed by atoms with Crippen molar-refractivity contribution in [2.24, 2.45) is 5.73 Å². The van der Waals surface area contributed by atoms with Crippen molar-refractivity contribution in [3.63, 3.8) is 0 Å². The second-order valence-corrected chi connectivity index (χ2v) is 3.48. The molecule has 0 heterocycles. The van der Waals surface area contributed by atoms with Crippen molar-refractivity contribution in [2.45, 2.75) is 13.3 Å². The molecule has 0 aliphatic carbocycles. The third kappa shape index (κ3) is 4.31. The molecule has 0 aliphatic heterocycles. The molecule has 4 nitrogen and oxygen atoms in total. The van der Waals surface area contributed by atoms with Gasteiger partial charge in [0.05, 0.1) is 6.61 Å². The largest absolute Gasteiger partial charge is 0.383 e. The monoisotopic (exact) mass is 222 g/mol. The molecular formula is C12H18N2O2. The smallest absolute Gasteiger partial charge is 0.248 e. The first-order valence-electron chi connectivity index (χ1n) is 5.45. The van der Waals surface area contributed by atoms with Gasteiger partial charge in [0.15, 0.2) is 0 Å². The summed E-state index contributed by atoms with van der Waals surface area (Å²) in [7, 11) is 0. The lowest BCUT2D eigenvalue weighted by atomic mass is 10.2. The number of nitrogens with two attached hydrogens (primary N) is 1. The van der Waals surface area contributed by atoms with Crippen molar-refractivity contribution >= 4 is 11.6 Å². The third-order valence-electron chi connectivity index (χ3n) is 2.07. The van der Waals surface area contributed by atoms with Crippen molar-refractivity contribution in [1.29, 1.82) is 0 Å². The molecule has 4 heteroatoms. The van der Waals surface area contributed by atoms with Gasteiger partial charge in [0.1, 0.15) is 0 Å². The Labute approximate surface area is 95.8 Å². The van der Waals surface area contributed by atoms with Gasteiger partial charge in [-0.15, -0.1) is 0 Å². The molecule has 0 fully saturated rings. The molecule has 0 unspecified atom stereocenters. The lowest BCUT2D eigenvalue weighted by Crippen LogP contribution is -2.13. The van der Waals surface area contributed by atoms with Gasteiger partial charge in [0, 0.05) is 24.4 Å². The van der Waals surface area contributed by atoms with Crippen LogP contribution in [0.15, 0.2) is 24.3 Å². The molecule has 88 valence electrons. The predicted octanol–water partition coefficient (Wildman–Crippen LogP) is 1.62. The van der Waals surface area contributed by atoms with Gasteiger partial charge >= 0.3 is 0 Å². The fraction of sp³-hybridized carbons (Fsp3) is 0.417. The number of anilines is 1.